The maximum absolute atomic E-state index is 13.6. The van der Waals surface area contributed by atoms with E-state index in [0.29, 0.717) is 26.5 Å². The van der Waals surface area contributed by atoms with E-state index in [1.165, 1.54) is 29.9 Å². The lowest BCUT2D eigenvalue weighted by atomic mass is 10.2. The van der Waals surface area contributed by atoms with Gasteiger partial charge in [-0.3, -0.25) is 9.36 Å². The van der Waals surface area contributed by atoms with Crippen molar-refractivity contribution in [3.05, 3.63) is 56.7 Å². The summed E-state index contributed by atoms with van der Waals surface area (Å²) in [6.07, 6.45) is -1.06. The Balaban J connectivity index is 1.86. The molecule has 1 atom stereocenters. The Kier molecular flexibility index (Phi) is 5.76. The molecule has 0 radical (unpaired) electrons. The summed E-state index contributed by atoms with van der Waals surface area (Å²) >= 11 is 1.09. The molecular formula is C19H19FN2O5S. The molecule has 3 rings (SSSR count). The van der Waals surface area contributed by atoms with E-state index in [1.54, 1.807) is 19.9 Å². The number of fused-ring (bicyclic) bond motifs is 1. The zero-order valence-corrected chi connectivity index (χ0v) is 16.4. The third-order valence-electron chi connectivity index (χ3n) is 4.27. The van der Waals surface area contributed by atoms with Crippen molar-refractivity contribution in [1.82, 2.24) is 9.55 Å². The monoisotopic (exact) mass is 406 g/mol. The first-order chi connectivity index (χ1) is 13.3. The third kappa shape index (κ3) is 3.76. The third-order valence-corrected chi connectivity index (χ3v) is 5.44. The summed E-state index contributed by atoms with van der Waals surface area (Å²) in [5.41, 5.74) is 0.131. The number of benzene rings is 1. The Morgan fingerprint density at radius 1 is 1.36 bits per heavy atom. The van der Waals surface area contributed by atoms with Crippen molar-refractivity contribution in [2.75, 3.05) is 13.7 Å². The van der Waals surface area contributed by atoms with E-state index < -0.39 is 17.9 Å². The van der Waals surface area contributed by atoms with E-state index in [0.717, 1.165) is 11.3 Å². The van der Waals surface area contributed by atoms with Crippen molar-refractivity contribution in [3.8, 4) is 5.75 Å². The molecule has 1 aromatic carbocycles. The molecule has 9 heteroatoms. The molecule has 0 fully saturated rings. The number of aromatic nitrogens is 2. The molecule has 0 aliphatic rings. The van der Waals surface area contributed by atoms with Gasteiger partial charge in [-0.15, -0.1) is 11.3 Å². The fourth-order valence-electron chi connectivity index (χ4n) is 2.83. The van der Waals surface area contributed by atoms with Crippen molar-refractivity contribution < 1.29 is 23.8 Å². The predicted octanol–water partition coefficient (Wildman–Crippen LogP) is 2.44. The second-order valence-electron chi connectivity index (χ2n) is 6.20. The average Bonchev–Trinajstić information content (AvgIpc) is 3.00. The number of carbonyl (C=O) groups is 1. The number of nitrogens with zero attached hydrogens (tertiary/aromatic N) is 2. The molecule has 1 N–H and O–H groups in total. The molecule has 0 bridgehead atoms. The van der Waals surface area contributed by atoms with E-state index in [2.05, 4.69) is 4.98 Å². The van der Waals surface area contributed by atoms with Crippen LogP contribution in [-0.4, -0.2) is 40.4 Å². The molecule has 2 heterocycles. The number of ether oxygens (including phenoxy) is 2. The first-order valence-electron chi connectivity index (χ1n) is 8.47. The van der Waals surface area contributed by atoms with Crippen molar-refractivity contribution >= 4 is 27.5 Å². The van der Waals surface area contributed by atoms with Crippen LogP contribution in [0.3, 0.4) is 0 Å². The van der Waals surface area contributed by atoms with Crippen LogP contribution in [-0.2, 0) is 11.3 Å². The van der Waals surface area contributed by atoms with Gasteiger partial charge in [0.1, 0.15) is 28.2 Å². The van der Waals surface area contributed by atoms with Gasteiger partial charge in [0.05, 0.1) is 19.0 Å². The molecule has 0 aliphatic carbocycles. The molecule has 148 valence electrons. The molecule has 1 unspecified atom stereocenters. The molecule has 0 spiro atoms. The Morgan fingerprint density at radius 2 is 2.07 bits per heavy atom. The van der Waals surface area contributed by atoms with Crippen molar-refractivity contribution in [2.24, 2.45) is 0 Å². The highest BCUT2D eigenvalue weighted by Gasteiger charge is 2.22. The van der Waals surface area contributed by atoms with E-state index in [-0.39, 0.29) is 24.5 Å². The zero-order chi connectivity index (χ0) is 20.4. The van der Waals surface area contributed by atoms with Gasteiger partial charge >= 0.3 is 5.97 Å². The predicted molar refractivity (Wildman–Crippen MR) is 103 cm³/mol. The molecule has 3 aromatic rings. The number of rotatable bonds is 6. The van der Waals surface area contributed by atoms with Crippen molar-refractivity contribution in [3.63, 3.8) is 0 Å². The van der Waals surface area contributed by atoms with Crippen LogP contribution in [0.2, 0.25) is 0 Å². The lowest BCUT2D eigenvalue weighted by molar-refractivity contribution is 0.0605. The SMILES string of the molecule is COC(=O)c1sc2nc(C)n(CC(O)COc3ccccc3F)c(=O)c2c1C. The fraction of sp³-hybridized carbons (Fsp3) is 0.316. The van der Waals surface area contributed by atoms with Gasteiger partial charge in [-0.25, -0.2) is 14.2 Å². The van der Waals surface area contributed by atoms with E-state index in [9.17, 15) is 19.1 Å². The molecule has 0 aliphatic heterocycles. The first kappa shape index (κ1) is 20.0. The van der Waals surface area contributed by atoms with Crippen LogP contribution in [0.15, 0.2) is 29.1 Å². The minimum atomic E-state index is -1.06. The van der Waals surface area contributed by atoms with Gasteiger partial charge in [-0.1, -0.05) is 12.1 Å². The number of carbonyl (C=O) groups excluding carboxylic acids is 1. The Labute approximate surface area is 164 Å². The minimum absolute atomic E-state index is 0.0237. The number of esters is 1. The van der Waals surface area contributed by atoms with Gasteiger partial charge in [0.25, 0.3) is 5.56 Å². The Bertz CT molecular complexity index is 1090. The summed E-state index contributed by atoms with van der Waals surface area (Å²) in [5, 5.41) is 10.6. The molecular weight excluding hydrogens is 387 g/mol. The number of hydrogen-bond donors (Lipinski definition) is 1. The highest BCUT2D eigenvalue weighted by Crippen LogP contribution is 2.28. The number of aliphatic hydroxyl groups is 1. The van der Waals surface area contributed by atoms with Crippen LogP contribution in [0.25, 0.3) is 10.2 Å². The zero-order valence-electron chi connectivity index (χ0n) is 15.6. The number of hydrogen-bond acceptors (Lipinski definition) is 7. The minimum Gasteiger partial charge on any atom is -0.488 e. The Hall–Kier alpha value is -2.78. The quantitative estimate of drug-likeness (QED) is 0.633. The molecule has 0 amide bonds. The summed E-state index contributed by atoms with van der Waals surface area (Å²) in [5.74, 6) is -0.645. The summed E-state index contributed by atoms with van der Waals surface area (Å²) in [4.78, 5) is 29.9. The summed E-state index contributed by atoms with van der Waals surface area (Å²) < 4.78 is 25.0. The first-order valence-corrected chi connectivity index (χ1v) is 9.29. The number of methoxy groups -OCH3 is 1. The van der Waals surface area contributed by atoms with E-state index >= 15 is 0 Å². The summed E-state index contributed by atoms with van der Waals surface area (Å²) in [6, 6.07) is 5.87. The molecule has 28 heavy (non-hydrogen) atoms. The highest BCUT2D eigenvalue weighted by molar-refractivity contribution is 7.20. The lowest BCUT2D eigenvalue weighted by Crippen LogP contribution is -2.32. The van der Waals surface area contributed by atoms with E-state index in [1.807, 2.05) is 0 Å². The van der Waals surface area contributed by atoms with Gasteiger partial charge in [-0.05, 0) is 31.5 Å². The van der Waals surface area contributed by atoms with Crippen LogP contribution in [0.1, 0.15) is 21.1 Å². The van der Waals surface area contributed by atoms with Gasteiger partial charge in [0.2, 0.25) is 0 Å². The fourth-order valence-corrected chi connectivity index (χ4v) is 3.97. The van der Waals surface area contributed by atoms with E-state index in [4.69, 9.17) is 9.47 Å². The van der Waals surface area contributed by atoms with Crippen LogP contribution < -0.4 is 10.3 Å². The van der Waals surface area contributed by atoms with Gasteiger partial charge < -0.3 is 14.6 Å². The smallest absolute Gasteiger partial charge is 0.348 e. The van der Waals surface area contributed by atoms with Crippen molar-refractivity contribution in [2.45, 2.75) is 26.5 Å². The van der Waals surface area contributed by atoms with Crippen LogP contribution in [0, 0.1) is 19.7 Å². The number of aryl methyl sites for hydroxylation is 2. The van der Waals surface area contributed by atoms with Gasteiger partial charge in [-0.2, -0.15) is 0 Å². The molecule has 7 nitrogen and oxygen atoms in total. The number of para-hydroxylation sites is 1. The summed E-state index contributed by atoms with van der Waals surface area (Å²) in [7, 11) is 1.27. The van der Waals surface area contributed by atoms with Gasteiger partial charge in [0.15, 0.2) is 11.6 Å². The lowest BCUT2D eigenvalue weighted by Gasteiger charge is -2.16. The number of aliphatic hydroxyl groups excluding tert-OH is 1. The summed E-state index contributed by atoms with van der Waals surface area (Å²) in [6.45, 7) is 3.02. The second-order valence-corrected chi connectivity index (χ2v) is 7.20. The second kappa shape index (κ2) is 8.07. The largest absolute Gasteiger partial charge is 0.488 e. The van der Waals surface area contributed by atoms with Crippen molar-refractivity contribution in [1.29, 1.82) is 0 Å². The van der Waals surface area contributed by atoms with Gasteiger partial charge in [0, 0.05) is 0 Å². The highest BCUT2D eigenvalue weighted by atomic mass is 32.1. The maximum Gasteiger partial charge on any atom is 0.348 e. The standard InChI is InChI=1S/C19H19FN2O5S/c1-10-15-17(28-16(10)19(25)26-3)21-11(2)22(18(15)24)8-12(23)9-27-14-7-5-4-6-13(14)20/h4-7,12,23H,8-9H2,1-3H3. The Morgan fingerprint density at radius 3 is 2.75 bits per heavy atom. The van der Waals surface area contributed by atoms with Crippen LogP contribution in [0.5, 0.6) is 5.75 Å². The molecule has 2 aromatic heterocycles. The maximum atomic E-state index is 13.6. The molecule has 0 saturated heterocycles. The van der Waals surface area contributed by atoms with Crippen LogP contribution in [0.4, 0.5) is 4.39 Å². The topological polar surface area (TPSA) is 90.7 Å². The normalized spacial score (nSPS) is 12.2. The van der Waals surface area contributed by atoms with Crippen LogP contribution >= 0.6 is 11.3 Å². The molecule has 0 saturated carbocycles. The number of thiophene rings is 1. The average molecular weight is 406 g/mol. The number of halogens is 1.